The van der Waals surface area contributed by atoms with Crippen LogP contribution in [0.1, 0.15) is 0 Å². The van der Waals surface area contributed by atoms with E-state index < -0.39 is 4.92 Å². The van der Waals surface area contributed by atoms with E-state index in [1.54, 1.807) is 12.1 Å². The van der Waals surface area contributed by atoms with Gasteiger partial charge in [0.1, 0.15) is 12.4 Å². The van der Waals surface area contributed by atoms with Gasteiger partial charge in [-0.1, -0.05) is 31.9 Å². The summed E-state index contributed by atoms with van der Waals surface area (Å²) in [5.74, 6) is 0.631. The largest absolute Gasteiger partial charge is 0.492 e. The van der Waals surface area contributed by atoms with Crippen molar-refractivity contribution in [2.75, 3.05) is 11.9 Å². The quantitative estimate of drug-likeness (QED) is 0.471. The second-order valence-corrected chi connectivity index (χ2v) is 4.76. The molecule has 15 heavy (non-hydrogen) atoms. The molecule has 0 aliphatic heterocycles. The van der Waals surface area contributed by atoms with Crippen molar-refractivity contribution in [3.05, 3.63) is 34.4 Å². The third-order valence-corrected chi connectivity index (χ3v) is 3.88. The fourth-order valence-electron chi connectivity index (χ4n) is 0.895. The minimum atomic E-state index is -0.435. The van der Waals surface area contributed by atoms with Crippen LogP contribution in [0.25, 0.3) is 0 Å². The molecule has 0 radical (unpaired) electrons. The van der Waals surface area contributed by atoms with E-state index in [9.17, 15) is 10.1 Å². The summed E-state index contributed by atoms with van der Waals surface area (Å²) >= 11 is 6.69. The standard InChI is InChI=1S/C9H9Br2NO3/c10-5-7(11)6-15-9-3-1-8(2-4-9)12(13)14/h1-4,7H,5-6H2. The highest BCUT2D eigenvalue weighted by Gasteiger charge is 2.06. The first-order valence-electron chi connectivity index (χ1n) is 4.20. The number of ether oxygens (including phenoxy) is 1. The lowest BCUT2D eigenvalue weighted by molar-refractivity contribution is -0.384. The lowest BCUT2D eigenvalue weighted by Crippen LogP contribution is -2.12. The van der Waals surface area contributed by atoms with Gasteiger partial charge in [-0.3, -0.25) is 10.1 Å². The number of rotatable bonds is 5. The van der Waals surface area contributed by atoms with E-state index in [-0.39, 0.29) is 10.5 Å². The summed E-state index contributed by atoms with van der Waals surface area (Å²) in [5.41, 5.74) is 0.0678. The molecule has 1 aromatic carbocycles. The maximum Gasteiger partial charge on any atom is 0.269 e. The monoisotopic (exact) mass is 337 g/mol. The summed E-state index contributed by atoms with van der Waals surface area (Å²) in [5, 5.41) is 11.2. The van der Waals surface area contributed by atoms with Gasteiger partial charge >= 0.3 is 0 Å². The fourth-order valence-corrected chi connectivity index (χ4v) is 1.21. The Hall–Kier alpha value is -0.620. The van der Waals surface area contributed by atoms with Crippen LogP contribution in [-0.4, -0.2) is 21.7 Å². The predicted molar refractivity (Wildman–Crippen MR) is 65.1 cm³/mol. The zero-order chi connectivity index (χ0) is 11.3. The molecule has 1 rings (SSSR count). The molecule has 0 aliphatic carbocycles. The maximum absolute atomic E-state index is 10.4. The van der Waals surface area contributed by atoms with Gasteiger partial charge in [0, 0.05) is 17.5 Å². The van der Waals surface area contributed by atoms with E-state index in [1.165, 1.54) is 12.1 Å². The first kappa shape index (κ1) is 12.4. The van der Waals surface area contributed by atoms with Crippen LogP contribution in [0.2, 0.25) is 0 Å². The van der Waals surface area contributed by atoms with Gasteiger partial charge in [0.05, 0.1) is 9.75 Å². The lowest BCUT2D eigenvalue weighted by Gasteiger charge is -2.08. The van der Waals surface area contributed by atoms with Crippen molar-refractivity contribution < 1.29 is 9.66 Å². The first-order chi connectivity index (χ1) is 7.13. The molecule has 6 heteroatoms. The van der Waals surface area contributed by atoms with Gasteiger partial charge in [-0.25, -0.2) is 0 Å². The number of non-ortho nitro benzene ring substituents is 1. The summed E-state index contributed by atoms with van der Waals surface area (Å²) in [7, 11) is 0. The van der Waals surface area contributed by atoms with Crippen LogP contribution in [-0.2, 0) is 0 Å². The van der Waals surface area contributed by atoms with Gasteiger partial charge in [0.15, 0.2) is 0 Å². The van der Waals surface area contributed by atoms with Crippen LogP contribution >= 0.6 is 31.9 Å². The van der Waals surface area contributed by atoms with Crippen molar-refractivity contribution in [1.82, 2.24) is 0 Å². The van der Waals surface area contributed by atoms with Crippen LogP contribution < -0.4 is 4.74 Å². The van der Waals surface area contributed by atoms with E-state index in [0.717, 1.165) is 5.33 Å². The Balaban J connectivity index is 2.53. The molecule has 0 aromatic heterocycles. The SMILES string of the molecule is O=[N+]([O-])c1ccc(OCC(Br)CBr)cc1. The van der Waals surface area contributed by atoms with E-state index in [2.05, 4.69) is 31.9 Å². The van der Waals surface area contributed by atoms with Crippen molar-refractivity contribution in [3.8, 4) is 5.75 Å². The van der Waals surface area contributed by atoms with Crippen LogP contribution in [0.3, 0.4) is 0 Å². The molecule has 0 saturated carbocycles. The molecule has 0 N–H and O–H groups in total. The van der Waals surface area contributed by atoms with E-state index in [0.29, 0.717) is 12.4 Å². The summed E-state index contributed by atoms with van der Waals surface area (Å²) in [6.07, 6.45) is 0. The first-order valence-corrected chi connectivity index (χ1v) is 6.24. The Morgan fingerprint density at radius 3 is 2.47 bits per heavy atom. The molecule has 0 bridgehead atoms. The van der Waals surface area contributed by atoms with Crippen molar-refractivity contribution >= 4 is 37.5 Å². The molecule has 0 saturated heterocycles. The third kappa shape index (κ3) is 4.17. The molecule has 1 atom stereocenters. The number of benzene rings is 1. The minimum absolute atomic E-state index is 0.0678. The Morgan fingerprint density at radius 1 is 1.40 bits per heavy atom. The van der Waals surface area contributed by atoms with Crippen LogP contribution in [0, 0.1) is 10.1 Å². The molecule has 0 fully saturated rings. The lowest BCUT2D eigenvalue weighted by atomic mass is 10.3. The van der Waals surface area contributed by atoms with Crippen molar-refractivity contribution in [2.45, 2.75) is 4.83 Å². The number of alkyl halides is 2. The molecule has 1 unspecified atom stereocenters. The molecule has 4 nitrogen and oxygen atoms in total. The van der Waals surface area contributed by atoms with Gasteiger partial charge < -0.3 is 4.74 Å². The van der Waals surface area contributed by atoms with Crippen LogP contribution in [0.4, 0.5) is 5.69 Å². The molecule has 0 spiro atoms. The summed E-state index contributed by atoms with van der Waals surface area (Å²) in [6, 6.07) is 6.03. The number of halogens is 2. The average Bonchev–Trinajstić information content (AvgIpc) is 2.26. The molecule has 1 aromatic rings. The van der Waals surface area contributed by atoms with Crippen LogP contribution in [0.15, 0.2) is 24.3 Å². The van der Waals surface area contributed by atoms with Gasteiger partial charge in [-0.05, 0) is 12.1 Å². The number of nitrogens with zero attached hydrogens (tertiary/aromatic N) is 1. The molecule has 82 valence electrons. The van der Waals surface area contributed by atoms with Gasteiger partial charge in [-0.2, -0.15) is 0 Å². The summed E-state index contributed by atoms with van der Waals surface area (Å²) in [4.78, 5) is 10.2. The average molecular weight is 339 g/mol. The van der Waals surface area contributed by atoms with Gasteiger partial charge in [-0.15, -0.1) is 0 Å². The molecule has 0 heterocycles. The van der Waals surface area contributed by atoms with Crippen LogP contribution in [0.5, 0.6) is 5.75 Å². The third-order valence-electron chi connectivity index (χ3n) is 1.65. The highest BCUT2D eigenvalue weighted by Crippen LogP contribution is 2.18. The number of hydrogen-bond acceptors (Lipinski definition) is 3. The predicted octanol–water partition coefficient (Wildman–Crippen LogP) is 3.13. The van der Waals surface area contributed by atoms with Gasteiger partial charge in [0.25, 0.3) is 5.69 Å². The van der Waals surface area contributed by atoms with Crippen molar-refractivity contribution in [2.24, 2.45) is 0 Å². The fraction of sp³-hybridized carbons (Fsp3) is 0.333. The zero-order valence-electron chi connectivity index (χ0n) is 7.73. The Morgan fingerprint density at radius 2 is 2.00 bits per heavy atom. The highest BCUT2D eigenvalue weighted by atomic mass is 79.9. The second kappa shape index (κ2) is 6.07. The second-order valence-electron chi connectivity index (χ2n) is 2.81. The van der Waals surface area contributed by atoms with E-state index in [4.69, 9.17) is 4.74 Å². The number of nitro groups is 1. The molecule has 0 amide bonds. The summed E-state index contributed by atoms with van der Waals surface area (Å²) in [6.45, 7) is 0.517. The Labute approximate surface area is 104 Å². The molecular weight excluding hydrogens is 330 g/mol. The highest BCUT2D eigenvalue weighted by molar-refractivity contribution is 9.12. The van der Waals surface area contributed by atoms with Crippen molar-refractivity contribution in [1.29, 1.82) is 0 Å². The Kier molecular flexibility index (Phi) is 5.04. The van der Waals surface area contributed by atoms with Crippen molar-refractivity contribution in [3.63, 3.8) is 0 Å². The Bertz CT molecular complexity index is 329. The molecule has 0 aliphatic rings. The number of hydrogen-bond donors (Lipinski definition) is 0. The summed E-state index contributed by atoms with van der Waals surface area (Å²) < 4.78 is 5.39. The number of nitro benzene ring substituents is 1. The molecular formula is C9H9Br2NO3. The van der Waals surface area contributed by atoms with E-state index >= 15 is 0 Å². The van der Waals surface area contributed by atoms with E-state index in [1.807, 2.05) is 0 Å². The van der Waals surface area contributed by atoms with Gasteiger partial charge in [0.2, 0.25) is 0 Å². The normalized spacial score (nSPS) is 12.1. The smallest absolute Gasteiger partial charge is 0.269 e. The minimum Gasteiger partial charge on any atom is -0.492 e. The zero-order valence-corrected chi connectivity index (χ0v) is 10.9. The maximum atomic E-state index is 10.4. The topological polar surface area (TPSA) is 52.4 Å².